The second-order valence-corrected chi connectivity index (χ2v) is 7.39. The first-order valence-corrected chi connectivity index (χ1v) is 7.91. The molecule has 1 unspecified atom stereocenters. The molecule has 2 rings (SSSR count). The van der Waals surface area contributed by atoms with E-state index in [2.05, 4.69) is 68.9 Å². The highest BCUT2D eigenvalue weighted by Gasteiger charge is 2.26. The number of nitrogens with one attached hydrogen (secondary N) is 1. The number of anilines is 1. The molecule has 0 amide bonds. The minimum absolute atomic E-state index is 0.120. The number of likely N-dealkylation sites (N-methyl/N-ethyl adjacent to an activating group) is 1. The fourth-order valence-electron chi connectivity index (χ4n) is 2.89. The van der Waals surface area contributed by atoms with Gasteiger partial charge in [-0.2, -0.15) is 5.10 Å². The van der Waals surface area contributed by atoms with Crippen LogP contribution in [0.1, 0.15) is 39.0 Å². The SMILES string of the molecule is Cc1nn(C)c(N2CCN(C)C(C)C2)c1CNC(C)(C)C. The van der Waals surface area contributed by atoms with Gasteiger partial charge in [0, 0.05) is 50.4 Å². The Morgan fingerprint density at radius 1 is 1.24 bits per heavy atom. The Morgan fingerprint density at radius 2 is 1.90 bits per heavy atom. The van der Waals surface area contributed by atoms with E-state index in [1.54, 1.807) is 0 Å². The van der Waals surface area contributed by atoms with Crippen molar-refractivity contribution in [1.82, 2.24) is 20.0 Å². The molecule has 1 aromatic rings. The quantitative estimate of drug-likeness (QED) is 0.921. The van der Waals surface area contributed by atoms with Crippen LogP contribution >= 0.6 is 0 Å². The first kappa shape index (κ1) is 16.3. The minimum Gasteiger partial charge on any atom is -0.354 e. The molecule has 21 heavy (non-hydrogen) atoms. The molecule has 0 saturated carbocycles. The molecule has 1 aliphatic rings. The number of hydrogen-bond acceptors (Lipinski definition) is 4. The maximum absolute atomic E-state index is 4.65. The molecule has 1 fully saturated rings. The summed E-state index contributed by atoms with van der Waals surface area (Å²) in [4.78, 5) is 4.91. The van der Waals surface area contributed by atoms with E-state index in [4.69, 9.17) is 0 Å². The summed E-state index contributed by atoms with van der Waals surface area (Å²) in [5, 5.41) is 8.25. The van der Waals surface area contributed by atoms with Crippen molar-refractivity contribution in [3.63, 3.8) is 0 Å². The van der Waals surface area contributed by atoms with Crippen molar-refractivity contribution in [2.75, 3.05) is 31.6 Å². The number of nitrogens with zero attached hydrogens (tertiary/aromatic N) is 4. The van der Waals surface area contributed by atoms with Crippen molar-refractivity contribution in [3.8, 4) is 0 Å². The Kier molecular flexibility index (Phi) is 4.63. The highest BCUT2D eigenvalue weighted by molar-refractivity contribution is 5.51. The number of hydrogen-bond donors (Lipinski definition) is 1. The third kappa shape index (κ3) is 3.77. The molecular weight excluding hydrogens is 262 g/mol. The van der Waals surface area contributed by atoms with Gasteiger partial charge < -0.3 is 15.1 Å². The molecule has 5 heteroatoms. The summed E-state index contributed by atoms with van der Waals surface area (Å²) in [7, 11) is 4.27. The molecule has 0 spiro atoms. The topological polar surface area (TPSA) is 36.3 Å². The summed E-state index contributed by atoms with van der Waals surface area (Å²) in [5.41, 5.74) is 2.59. The van der Waals surface area contributed by atoms with Crippen molar-refractivity contribution >= 4 is 5.82 Å². The van der Waals surface area contributed by atoms with Crippen LogP contribution in [0.2, 0.25) is 0 Å². The zero-order valence-corrected chi connectivity index (χ0v) is 14.7. The van der Waals surface area contributed by atoms with Gasteiger partial charge in [-0.3, -0.25) is 4.68 Å². The Balaban J connectivity index is 2.22. The molecule has 1 saturated heterocycles. The lowest BCUT2D eigenvalue weighted by Crippen LogP contribution is -2.51. The summed E-state index contributed by atoms with van der Waals surface area (Å²) in [5.74, 6) is 1.28. The molecule has 0 aliphatic carbocycles. The number of piperazine rings is 1. The molecular formula is C16H31N5. The number of aromatic nitrogens is 2. The summed E-state index contributed by atoms with van der Waals surface area (Å²) < 4.78 is 2.05. The fourth-order valence-corrected chi connectivity index (χ4v) is 2.89. The van der Waals surface area contributed by atoms with Crippen LogP contribution in [0.25, 0.3) is 0 Å². The Bertz CT molecular complexity index is 486. The van der Waals surface area contributed by atoms with Crippen LogP contribution in [0.4, 0.5) is 5.82 Å². The summed E-state index contributed by atoms with van der Waals surface area (Å²) in [6.45, 7) is 15.1. The van der Waals surface area contributed by atoms with Crippen LogP contribution in [0.5, 0.6) is 0 Å². The van der Waals surface area contributed by atoms with Gasteiger partial charge in [0.05, 0.1) is 5.69 Å². The van der Waals surface area contributed by atoms with Crippen molar-refractivity contribution in [2.45, 2.75) is 52.7 Å². The average molecular weight is 293 g/mol. The van der Waals surface area contributed by atoms with Crippen LogP contribution in [-0.2, 0) is 13.6 Å². The number of rotatable bonds is 3. The lowest BCUT2D eigenvalue weighted by molar-refractivity contribution is 0.232. The maximum atomic E-state index is 4.65. The summed E-state index contributed by atoms with van der Waals surface area (Å²) in [6, 6.07) is 0.581. The highest BCUT2D eigenvalue weighted by atomic mass is 15.4. The molecule has 1 atom stereocenters. The van der Waals surface area contributed by atoms with Gasteiger partial charge in [-0.1, -0.05) is 0 Å². The van der Waals surface area contributed by atoms with Crippen molar-refractivity contribution in [3.05, 3.63) is 11.3 Å². The Hall–Kier alpha value is -1.07. The monoisotopic (exact) mass is 293 g/mol. The van der Waals surface area contributed by atoms with E-state index in [0.717, 1.165) is 31.9 Å². The third-order valence-electron chi connectivity index (χ3n) is 4.37. The van der Waals surface area contributed by atoms with Gasteiger partial charge in [0.2, 0.25) is 0 Å². The third-order valence-corrected chi connectivity index (χ3v) is 4.37. The van der Waals surface area contributed by atoms with Gasteiger partial charge in [0.15, 0.2) is 0 Å². The standard InChI is InChI=1S/C16H31N5/c1-12-11-21(9-8-19(12)6)15-14(10-17-16(3,4)5)13(2)18-20(15)7/h12,17H,8-11H2,1-7H3. The van der Waals surface area contributed by atoms with E-state index in [1.165, 1.54) is 11.4 Å². The lowest BCUT2D eigenvalue weighted by atomic mass is 10.1. The molecule has 1 N–H and O–H groups in total. The first-order valence-electron chi connectivity index (χ1n) is 7.91. The smallest absolute Gasteiger partial charge is 0.131 e. The molecule has 0 aromatic carbocycles. The van der Waals surface area contributed by atoms with E-state index in [-0.39, 0.29) is 5.54 Å². The van der Waals surface area contributed by atoms with Gasteiger partial charge in [-0.15, -0.1) is 0 Å². The van der Waals surface area contributed by atoms with E-state index in [9.17, 15) is 0 Å². The predicted octanol–water partition coefficient (Wildman–Crippen LogP) is 1.76. The van der Waals surface area contributed by atoms with Gasteiger partial charge in [-0.05, 0) is 41.7 Å². The summed E-state index contributed by atoms with van der Waals surface area (Å²) >= 11 is 0. The van der Waals surface area contributed by atoms with Crippen LogP contribution < -0.4 is 10.2 Å². The second-order valence-electron chi connectivity index (χ2n) is 7.39. The van der Waals surface area contributed by atoms with E-state index < -0.39 is 0 Å². The minimum atomic E-state index is 0.120. The zero-order valence-electron chi connectivity index (χ0n) is 14.7. The van der Waals surface area contributed by atoms with Gasteiger partial charge in [-0.25, -0.2) is 0 Å². The van der Waals surface area contributed by atoms with E-state index in [1.807, 2.05) is 4.68 Å². The normalized spacial score (nSPS) is 21.1. The molecule has 1 aliphatic heterocycles. The maximum Gasteiger partial charge on any atom is 0.131 e. The molecule has 120 valence electrons. The predicted molar refractivity (Wildman–Crippen MR) is 88.8 cm³/mol. The van der Waals surface area contributed by atoms with Crippen molar-refractivity contribution in [2.24, 2.45) is 7.05 Å². The molecule has 0 bridgehead atoms. The second kappa shape index (κ2) is 5.97. The average Bonchev–Trinajstić information content (AvgIpc) is 2.64. The van der Waals surface area contributed by atoms with Crippen LogP contribution in [0, 0.1) is 6.92 Å². The van der Waals surface area contributed by atoms with Crippen LogP contribution in [0.15, 0.2) is 0 Å². The van der Waals surface area contributed by atoms with Gasteiger partial charge >= 0.3 is 0 Å². The van der Waals surface area contributed by atoms with Crippen molar-refractivity contribution in [1.29, 1.82) is 0 Å². The molecule has 2 heterocycles. The van der Waals surface area contributed by atoms with E-state index >= 15 is 0 Å². The van der Waals surface area contributed by atoms with Gasteiger partial charge in [0.25, 0.3) is 0 Å². The van der Waals surface area contributed by atoms with E-state index in [0.29, 0.717) is 6.04 Å². The van der Waals surface area contributed by atoms with Gasteiger partial charge in [0.1, 0.15) is 5.82 Å². The number of aryl methyl sites for hydroxylation is 2. The molecule has 1 aromatic heterocycles. The molecule has 0 radical (unpaired) electrons. The van der Waals surface area contributed by atoms with Crippen LogP contribution in [-0.4, -0.2) is 52.9 Å². The van der Waals surface area contributed by atoms with Crippen LogP contribution in [0.3, 0.4) is 0 Å². The largest absolute Gasteiger partial charge is 0.354 e. The lowest BCUT2D eigenvalue weighted by Gasteiger charge is -2.39. The Morgan fingerprint density at radius 3 is 2.48 bits per heavy atom. The first-order chi connectivity index (χ1) is 9.69. The fraction of sp³-hybridized carbons (Fsp3) is 0.812. The molecule has 5 nitrogen and oxygen atoms in total. The summed E-state index contributed by atoms with van der Waals surface area (Å²) in [6.07, 6.45) is 0. The van der Waals surface area contributed by atoms with Crippen molar-refractivity contribution < 1.29 is 0 Å². The highest BCUT2D eigenvalue weighted by Crippen LogP contribution is 2.26. The zero-order chi connectivity index (χ0) is 15.8. The Labute approximate surface area is 129 Å².